The van der Waals surface area contributed by atoms with E-state index in [0.29, 0.717) is 48.4 Å². The van der Waals surface area contributed by atoms with E-state index in [9.17, 15) is 4.79 Å². The van der Waals surface area contributed by atoms with Crippen LogP contribution in [0, 0.1) is 6.92 Å². The molecule has 3 aromatic carbocycles. The average molecular weight is 474 g/mol. The number of carbonyl (C=O) groups is 1. The van der Waals surface area contributed by atoms with E-state index in [1.165, 1.54) is 0 Å². The molecule has 180 valence electrons. The first kappa shape index (κ1) is 22.8. The molecule has 0 unspecified atom stereocenters. The van der Waals surface area contributed by atoms with E-state index in [0.717, 1.165) is 33.8 Å². The third kappa shape index (κ3) is 4.31. The molecule has 0 spiro atoms. The fourth-order valence-electron chi connectivity index (χ4n) is 4.47. The van der Waals surface area contributed by atoms with E-state index in [-0.39, 0.29) is 5.78 Å². The third-order valence-corrected chi connectivity index (χ3v) is 6.26. The zero-order chi connectivity index (χ0) is 24.5. The van der Waals surface area contributed by atoms with Crippen LogP contribution in [-0.2, 0) is 13.1 Å². The number of allylic oxidation sites excluding steroid dienone is 1. The summed E-state index contributed by atoms with van der Waals surface area (Å²) >= 11 is 0. The van der Waals surface area contributed by atoms with Crippen molar-refractivity contribution in [2.75, 3.05) is 28.1 Å². The number of hydrogen-bond acceptors (Lipinski definition) is 7. The standard InChI is InChI=1S/C28H27NO6/c1-17-11-23-21(15-29(16-34-23)14-19-7-10-22(32-3)24(13-19)33-4)28-26(17)27(30)25(35-28)12-18-5-8-20(31-2)9-6-18/h5-13H,14-16H2,1-4H3/b25-12-. The van der Waals surface area contributed by atoms with Gasteiger partial charge in [0.05, 0.1) is 32.5 Å². The van der Waals surface area contributed by atoms with Gasteiger partial charge < -0.3 is 23.7 Å². The smallest absolute Gasteiger partial charge is 0.232 e. The van der Waals surface area contributed by atoms with Crippen LogP contribution in [-0.4, -0.2) is 38.7 Å². The molecule has 2 heterocycles. The highest BCUT2D eigenvalue weighted by Gasteiger charge is 2.35. The van der Waals surface area contributed by atoms with Crippen molar-refractivity contribution in [1.82, 2.24) is 4.90 Å². The summed E-state index contributed by atoms with van der Waals surface area (Å²) in [5, 5.41) is 0. The summed E-state index contributed by atoms with van der Waals surface area (Å²) in [6.07, 6.45) is 1.76. The van der Waals surface area contributed by atoms with Crippen LogP contribution in [0.25, 0.3) is 6.08 Å². The molecular formula is C28H27NO6. The van der Waals surface area contributed by atoms with Gasteiger partial charge in [-0.15, -0.1) is 0 Å². The predicted molar refractivity (Wildman–Crippen MR) is 131 cm³/mol. The van der Waals surface area contributed by atoms with E-state index in [1.54, 1.807) is 27.4 Å². The minimum atomic E-state index is -0.117. The van der Waals surface area contributed by atoms with E-state index < -0.39 is 0 Å². The highest BCUT2D eigenvalue weighted by molar-refractivity contribution is 6.15. The van der Waals surface area contributed by atoms with Gasteiger partial charge in [0, 0.05) is 13.1 Å². The number of ketones is 1. The Morgan fingerprint density at radius 2 is 1.74 bits per heavy atom. The van der Waals surface area contributed by atoms with Gasteiger partial charge in [-0.3, -0.25) is 9.69 Å². The fraction of sp³-hybridized carbons (Fsp3) is 0.250. The van der Waals surface area contributed by atoms with Gasteiger partial charge in [0.25, 0.3) is 0 Å². The normalized spacial score (nSPS) is 15.8. The second kappa shape index (κ2) is 9.35. The lowest BCUT2D eigenvalue weighted by Gasteiger charge is -2.30. The largest absolute Gasteiger partial charge is 0.497 e. The van der Waals surface area contributed by atoms with Gasteiger partial charge in [0.2, 0.25) is 5.78 Å². The zero-order valence-electron chi connectivity index (χ0n) is 20.2. The summed E-state index contributed by atoms with van der Waals surface area (Å²) in [4.78, 5) is 15.4. The van der Waals surface area contributed by atoms with Gasteiger partial charge in [-0.2, -0.15) is 0 Å². The maximum Gasteiger partial charge on any atom is 0.232 e. The Hall–Kier alpha value is -3.97. The molecule has 0 saturated heterocycles. The highest BCUT2D eigenvalue weighted by atomic mass is 16.5. The minimum absolute atomic E-state index is 0.117. The van der Waals surface area contributed by atoms with Crippen molar-refractivity contribution in [3.8, 4) is 28.7 Å². The molecule has 3 aromatic rings. The number of aryl methyl sites for hydroxylation is 1. The lowest BCUT2D eigenvalue weighted by molar-refractivity contribution is 0.0871. The van der Waals surface area contributed by atoms with Crippen molar-refractivity contribution >= 4 is 11.9 Å². The van der Waals surface area contributed by atoms with Gasteiger partial charge in [0.15, 0.2) is 17.3 Å². The minimum Gasteiger partial charge on any atom is -0.497 e. The van der Waals surface area contributed by atoms with Gasteiger partial charge in [0.1, 0.15) is 24.0 Å². The molecule has 2 aliphatic heterocycles. The lowest BCUT2D eigenvalue weighted by Crippen LogP contribution is -2.31. The second-order valence-electron chi connectivity index (χ2n) is 8.54. The molecule has 0 aromatic heterocycles. The van der Waals surface area contributed by atoms with E-state index in [4.69, 9.17) is 23.7 Å². The Bertz CT molecular complexity index is 1310. The zero-order valence-corrected chi connectivity index (χ0v) is 20.2. The highest BCUT2D eigenvalue weighted by Crippen LogP contribution is 2.44. The summed E-state index contributed by atoms with van der Waals surface area (Å²) in [6.45, 7) is 3.58. The van der Waals surface area contributed by atoms with Crippen LogP contribution in [0.2, 0.25) is 0 Å². The number of rotatable bonds is 6. The van der Waals surface area contributed by atoms with E-state index in [1.807, 2.05) is 55.5 Å². The number of benzene rings is 3. The first-order valence-corrected chi connectivity index (χ1v) is 11.3. The Morgan fingerprint density at radius 3 is 2.46 bits per heavy atom. The van der Waals surface area contributed by atoms with Gasteiger partial charge in [-0.05, 0) is 60.0 Å². The first-order chi connectivity index (χ1) is 17.0. The number of nitrogens with zero attached hydrogens (tertiary/aromatic N) is 1. The summed E-state index contributed by atoms with van der Waals surface area (Å²) in [5.41, 5.74) is 4.24. The van der Waals surface area contributed by atoms with Crippen molar-refractivity contribution in [3.05, 3.63) is 82.1 Å². The molecule has 0 fully saturated rings. The third-order valence-electron chi connectivity index (χ3n) is 6.26. The van der Waals surface area contributed by atoms with Crippen LogP contribution in [0.4, 0.5) is 0 Å². The molecule has 7 nitrogen and oxygen atoms in total. The van der Waals surface area contributed by atoms with Crippen LogP contribution in [0.5, 0.6) is 28.7 Å². The quantitative estimate of drug-likeness (QED) is 0.467. The molecule has 0 saturated carbocycles. The fourth-order valence-corrected chi connectivity index (χ4v) is 4.47. The number of Topliss-reactive ketones (excluding diaryl/α,β-unsaturated/α-hetero) is 1. The SMILES string of the molecule is COc1ccc(/C=C2\Oc3c4c(cc(C)c3C2=O)OCN(Cc2ccc(OC)c(OC)c2)C4)cc1. The summed E-state index contributed by atoms with van der Waals surface area (Å²) in [7, 11) is 4.86. The Kier molecular flexibility index (Phi) is 6.09. The lowest BCUT2D eigenvalue weighted by atomic mass is 9.98. The number of carbonyl (C=O) groups excluding carboxylic acids is 1. The molecule has 0 bridgehead atoms. The summed E-state index contributed by atoms with van der Waals surface area (Å²) in [5.74, 6) is 3.65. The van der Waals surface area contributed by atoms with E-state index in [2.05, 4.69) is 4.90 Å². The van der Waals surface area contributed by atoms with Crippen molar-refractivity contribution in [1.29, 1.82) is 0 Å². The van der Waals surface area contributed by atoms with Gasteiger partial charge in [-0.25, -0.2) is 0 Å². The number of methoxy groups -OCH3 is 3. The number of ether oxygens (including phenoxy) is 5. The van der Waals surface area contributed by atoms with Crippen molar-refractivity contribution in [2.45, 2.75) is 20.0 Å². The van der Waals surface area contributed by atoms with Crippen molar-refractivity contribution in [2.24, 2.45) is 0 Å². The monoisotopic (exact) mass is 473 g/mol. The molecule has 0 atom stereocenters. The second-order valence-corrected chi connectivity index (χ2v) is 8.54. The van der Waals surface area contributed by atoms with Crippen molar-refractivity contribution < 1.29 is 28.5 Å². The van der Waals surface area contributed by atoms with Gasteiger partial charge in [-0.1, -0.05) is 18.2 Å². The molecule has 0 N–H and O–H groups in total. The maximum atomic E-state index is 13.2. The summed E-state index contributed by atoms with van der Waals surface area (Å²) in [6, 6.07) is 15.3. The van der Waals surface area contributed by atoms with Crippen LogP contribution in [0.1, 0.15) is 32.6 Å². The number of fused-ring (bicyclic) bond motifs is 3. The molecule has 5 rings (SSSR count). The molecule has 7 heteroatoms. The first-order valence-electron chi connectivity index (χ1n) is 11.3. The maximum absolute atomic E-state index is 13.2. The molecule has 0 radical (unpaired) electrons. The molecule has 35 heavy (non-hydrogen) atoms. The Balaban J connectivity index is 1.41. The average Bonchev–Trinajstić information content (AvgIpc) is 3.21. The van der Waals surface area contributed by atoms with E-state index >= 15 is 0 Å². The van der Waals surface area contributed by atoms with Crippen molar-refractivity contribution in [3.63, 3.8) is 0 Å². The molecular weight excluding hydrogens is 446 g/mol. The topological polar surface area (TPSA) is 66.5 Å². The van der Waals surface area contributed by atoms with Crippen LogP contribution in [0.15, 0.2) is 54.3 Å². The molecule has 0 amide bonds. The number of hydrogen-bond donors (Lipinski definition) is 0. The predicted octanol–water partition coefficient (Wildman–Crippen LogP) is 4.99. The summed E-state index contributed by atoms with van der Waals surface area (Å²) < 4.78 is 28.2. The molecule has 2 aliphatic rings. The van der Waals surface area contributed by atoms with Crippen LogP contribution < -0.4 is 23.7 Å². The van der Waals surface area contributed by atoms with Crippen LogP contribution >= 0.6 is 0 Å². The Labute approximate surface area is 204 Å². The molecule has 0 aliphatic carbocycles. The van der Waals surface area contributed by atoms with Crippen LogP contribution in [0.3, 0.4) is 0 Å². The van der Waals surface area contributed by atoms with Gasteiger partial charge >= 0.3 is 0 Å². The Morgan fingerprint density at radius 1 is 0.971 bits per heavy atom.